The fraction of sp³-hybridized carbons (Fsp3) is 0.462. The molecule has 0 fully saturated rings. The van der Waals surface area contributed by atoms with Gasteiger partial charge in [-0.25, -0.2) is 8.42 Å². The van der Waals surface area contributed by atoms with Crippen molar-refractivity contribution in [2.75, 3.05) is 7.11 Å². The molecule has 0 spiro atoms. The lowest BCUT2D eigenvalue weighted by atomic mass is 10.1. The number of sulfone groups is 1. The Bertz CT molecular complexity index is 610. The lowest BCUT2D eigenvalue weighted by Crippen LogP contribution is -2.31. The fourth-order valence-electron chi connectivity index (χ4n) is 1.73. The molecule has 1 aromatic rings. The molecule has 0 heterocycles. The predicted octanol–water partition coefficient (Wildman–Crippen LogP) is 2.39. The molecule has 0 radical (unpaired) electrons. The predicted molar refractivity (Wildman–Crippen MR) is 69.3 cm³/mol. The zero-order valence-corrected chi connectivity index (χ0v) is 12.1. The highest BCUT2D eigenvalue weighted by molar-refractivity contribution is 7.93. The largest absolute Gasteiger partial charge is 0.495 e. The van der Waals surface area contributed by atoms with E-state index in [2.05, 4.69) is 0 Å². The van der Waals surface area contributed by atoms with Gasteiger partial charge >= 0.3 is 0 Å². The van der Waals surface area contributed by atoms with Crippen molar-refractivity contribution in [2.24, 2.45) is 0 Å². The van der Waals surface area contributed by atoms with Crippen molar-refractivity contribution in [1.82, 2.24) is 0 Å². The maximum absolute atomic E-state index is 12.5. The molecule has 5 heteroatoms. The van der Waals surface area contributed by atoms with Gasteiger partial charge in [-0.15, -0.1) is 0 Å². The van der Waals surface area contributed by atoms with Crippen LogP contribution in [-0.2, 0) is 9.84 Å². The molecule has 0 aromatic heterocycles. The lowest BCUT2D eigenvalue weighted by Gasteiger charge is -2.20. The van der Waals surface area contributed by atoms with Crippen LogP contribution in [0.4, 0.5) is 0 Å². The first-order chi connectivity index (χ1) is 8.17. The van der Waals surface area contributed by atoms with Crippen LogP contribution in [0.25, 0.3) is 0 Å². The number of ether oxygens (including phenoxy) is 1. The van der Waals surface area contributed by atoms with Crippen molar-refractivity contribution in [3.8, 4) is 11.8 Å². The maximum Gasteiger partial charge on any atom is 0.200 e. The van der Waals surface area contributed by atoms with Crippen molar-refractivity contribution in [3.05, 3.63) is 23.3 Å². The molecule has 98 valence electrons. The summed E-state index contributed by atoms with van der Waals surface area (Å²) in [4.78, 5) is 0.0992. The van der Waals surface area contributed by atoms with Crippen LogP contribution >= 0.6 is 0 Å². The summed E-state index contributed by atoms with van der Waals surface area (Å²) < 4.78 is 28.6. The second kappa shape index (κ2) is 4.62. The van der Waals surface area contributed by atoms with Gasteiger partial charge in [-0.3, -0.25) is 0 Å². The van der Waals surface area contributed by atoms with Gasteiger partial charge in [-0.2, -0.15) is 5.26 Å². The Morgan fingerprint density at radius 3 is 2.28 bits per heavy atom. The standard InChI is InChI=1S/C13H17NO3S/c1-9-6-10(2)12(11(7-9)17-5)18(15,16)13(3,4)8-14/h6-7H,1-5H3. The van der Waals surface area contributed by atoms with Gasteiger partial charge in [0.1, 0.15) is 10.6 Å². The Labute approximate surface area is 108 Å². The molecule has 18 heavy (non-hydrogen) atoms. The second-order valence-electron chi connectivity index (χ2n) is 4.74. The highest BCUT2D eigenvalue weighted by atomic mass is 32.2. The van der Waals surface area contributed by atoms with E-state index >= 15 is 0 Å². The summed E-state index contributed by atoms with van der Waals surface area (Å²) in [6.45, 7) is 6.35. The first-order valence-electron chi connectivity index (χ1n) is 5.48. The van der Waals surface area contributed by atoms with E-state index in [4.69, 9.17) is 10.00 Å². The van der Waals surface area contributed by atoms with Crippen LogP contribution in [0, 0.1) is 25.2 Å². The molecule has 1 rings (SSSR count). The maximum atomic E-state index is 12.5. The third kappa shape index (κ3) is 2.21. The molecule has 0 N–H and O–H groups in total. The average molecular weight is 267 g/mol. The van der Waals surface area contributed by atoms with Crippen LogP contribution in [0.2, 0.25) is 0 Å². The van der Waals surface area contributed by atoms with Crippen molar-refractivity contribution in [1.29, 1.82) is 5.26 Å². The van der Waals surface area contributed by atoms with Gasteiger partial charge in [0.15, 0.2) is 4.75 Å². The molecule has 0 atom stereocenters. The first-order valence-corrected chi connectivity index (χ1v) is 6.97. The highest BCUT2D eigenvalue weighted by Crippen LogP contribution is 2.35. The van der Waals surface area contributed by atoms with E-state index in [0.29, 0.717) is 5.56 Å². The normalized spacial score (nSPS) is 12.0. The Hall–Kier alpha value is -1.54. The number of hydrogen-bond donors (Lipinski definition) is 0. The van der Waals surface area contributed by atoms with Gasteiger partial charge in [0, 0.05) is 0 Å². The Morgan fingerprint density at radius 2 is 1.83 bits per heavy atom. The second-order valence-corrected chi connectivity index (χ2v) is 7.17. The van der Waals surface area contributed by atoms with E-state index in [9.17, 15) is 8.42 Å². The van der Waals surface area contributed by atoms with Crippen LogP contribution in [0.3, 0.4) is 0 Å². The van der Waals surface area contributed by atoms with Crippen molar-refractivity contribution >= 4 is 9.84 Å². The molecule has 0 unspecified atom stereocenters. The highest BCUT2D eigenvalue weighted by Gasteiger charge is 2.39. The number of hydrogen-bond acceptors (Lipinski definition) is 4. The monoisotopic (exact) mass is 267 g/mol. The molecular weight excluding hydrogens is 250 g/mol. The van der Waals surface area contributed by atoms with E-state index in [-0.39, 0.29) is 10.6 Å². The zero-order chi connectivity index (χ0) is 14.1. The summed E-state index contributed by atoms with van der Waals surface area (Å²) >= 11 is 0. The van der Waals surface area contributed by atoms with E-state index in [1.807, 2.05) is 13.0 Å². The number of methoxy groups -OCH3 is 1. The van der Waals surface area contributed by atoms with Crippen LogP contribution < -0.4 is 4.74 Å². The summed E-state index contributed by atoms with van der Waals surface area (Å²) in [6, 6.07) is 5.26. The minimum absolute atomic E-state index is 0.0992. The van der Waals surface area contributed by atoms with Gasteiger partial charge in [-0.1, -0.05) is 6.07 Å². The van der Waals surface area contributed by atoms with E-state index in [1.54, 1.807) is 19.1 Å². The summed E-state index contributed by atoms with van der Waals surface area (Å²) in [6.07, 6.45) is 0. The molecule has 0 saturated heterocycles. The third-order valence-electron chi connectivity index (χ3n) is 2.81. The van der Waals surface area contributed by atoms with Crippen LogP contribution in [0.1, 0.15) is 25.0 Å². The Morgan fingerprint density at radius 1 is 1.28 bits per heavy atom. The molecule has 0 aliphatic rings. The quantitative estimate of drug-likeness (QED) is 0.843. The van der Waals surface area contributed by atoms with Crippen LogP contribution in [0.5, 0.6) is 5.75 Å². The lowest BCUT2D eigenvalue weighted by molar-refractivity contribution is 0.401. The molecule has 0 aliphatic carbocycles. The number of nitriles is 1. The molecule has 1 aromatic carbocycles. The minimum atomic E-state index is -3.76. The Balaban J connectivity index is 3.68. The summed E-state index contributed by atoms with van der Waals surface area (Å²) in [5, 5.41) is 9.03. The molecule has 4 nitrogen and oxygen atoms in total. The molecular formula is C13H17NO3S. The zero-order valence-electron chi connectivity index (χ0n) is 11.2. The van der Waals surface area contributed by atoms with Gasteiger partial charge < -0.3 is 4.74 Å². The van der Waals surface area contributed by atoms with E-state index in [1.165, 1.54) is 21.0 Å². The molecule has 0 aliphatic heterocycles. The molecule has 0 saturated carbocycles. The topological polar surface area (TPSA) is 67.2 Å². The van der Waals surface area contributed by atoms with Crippen LogP contribution in [-0.4, -0.2) is 20.3 Å². The molecule has 0 bridgehead atoms. The summed E-state index contributed by atoms with van der Waals surface area (Å²) in [7, 11) is -2.34. The van der Waals surface area contributed by atoms with Crippen molar-refractivity contribution < 1.29 is 13.2 Å². The number of aryl methyl sites for hydroxylation is 2. The van der Waals surface area contributed by atoms with Gasteiger partial charge in [0.25, 0.3) is 0 Å². The smallest absolute Gasteiger partial charge is 0.200 e. The molecule has 0 amide bonds. The third-order valence-corrected chi connectivity index (χ3v) is 5.31. The van der Waals surface area contributed by atoms with Gasteiger partial charge in [0.05, 0.1) is 13.2 Å². The SMILES string of the molecule is COc1cc(C)cc(C)c1S(=O)(=O)C(C)(C)C#N. The number of nitrogens with zero attached hydrogens (tertiary/aromatic N) is 1. The summed E-state index contributed by atoms with van der Waals surface area (Å²) in [5.41, 5.74) is 1.51. The van der Waals surface area contributed by atoms with E-state index in [0.717, 1.165) is 5.56 Å². The summed E-state index contributed by atoms with van der Waals surface area (Å²) in [5.74, 6) is 0.288. The van der Waals surface area contributed by atoms with Crippen LogP contribution in [0.15, 0.2) is 17.0 Å². The number of rotatable bonds is 3. The minimum Gasteiger partial charge on any atom is -0.495 e. The van der Waals surface area contributed by atoms with Gasteiger partial charge in [-0.05, 0) is 44.9 Å². The van der Waals surface area contributed by atoms with Crippen molar-refractivity contribution in [2.45, 2.75) is 37.3 Å². The first kappa shape index (κ1) is 14.5. The van der Waals surface area contributed by atoms with Gasteiger partial charge in [0.2, 0.25) is 9.84 Å². The van der Waals surface area contributed by atoms with Crippen molar-refractivity contribution in [3.63, 3.8) is 0 Å². The average Bonchev–Trinajstić information content (AvgIpc) is 2.26. The fourth-order valence-corrected chi connectivity index (χ4v) is 3.25. The number of benzene rings is 1. The Kier molecular flexibility index (Phi) is 3.72. The van der Waals surface area contributed by atoms with E-state index < -0.39 is 14.6 Å².